The molecule has 0 aliphatic heterocycles. The quantitative estimate of drug-likeness (QED) is 0.729. The highest BCUT2D eigenvalue weighted by Gasteiger charge is 2.52. The van der Waals surface area contributed by atoms with Gasteiger partial charge in [-0.15, -0.1) is 0 Å². The molecule has 0 radical (unpaired) electrons. The molecule has 0 aromatic rings. The van der Waals surface area contributed by atoms with E-state index in [4.69, 9.17) is 0 Å². The van der Waals surface area contributed by atoms with Crippen molar-refractivity contribution in [2.45, 2.75) is 70.3 Å². The second-order valence-corrected chi connectivity index (χ2v) is 5.50. The molecule has 82 valence electrons. The molecule has 0 amide bonds. The molecule has 2 fully saturated rings. The van der Waals surface area contributed by atoms with Crippen molar-refractivity contribution in [3.05, 3.63) is 0 Å². The van der Waals surface area contributed by atoms with E-state index in [9.17, 15) is 5.11 Å². The van der Waals surface area contributed by atoms with E-state index in [2.05, 4.69) is 6.92 Å². The van der Waals surface area contributed by atoms with Crippen LogP contribution in [0.1, 0.15) is 64.7 Å². The minimum atomic E-state index is -0.224. The molecular formula is C13H24O. The molecule has 0 aromatic carbocycles. The number of hydrogen-bond donors (Lipinski definition) is 1. The van der Waals surface area contributed by atoms with Crippen molar-refractivity contribution in [2.24, 2.45) is 11.8 Å². The van der Waals surface area contributed by atoms with Gasteiger partial charge in [0.1, 0.15) is 0 Å². The Kier molecular flexibility index (Phi) is 3.16. The highest BCUT2D eigenvalue weighted by Crippen LogP contribution is 2.51. The van der Waals surface area contributed by atoms with Crippen LogP contribution in [0.2, 0.25) is 0 Å². The first kappa shape index (κ1) is 10.5. The third-order valence-electron chi connectivity index (χ3n) is 4.20. The molecule has 0 saturated heterocycles. The fourth-order valence-corrected chi connectivity index (χ4v) is 3.23. The van der Waals surface area contributed by atoms with Crippen LogP contribution < -0.4 is 0 Å². The highest BCUT2D eigenvalue weighted by atomic mass is 16.3. The van der Waals surface area contributed by atoms with Gasteiger partial charge in [0, 0.05) is 0 Å². The SMILES string of the molecule is CCCC1CC1(O)CC1CCCCC1. The molecule has 0 bridgehead atoms. The van der Waals surface area contributed by atoms with Crippen LogP contribution in [-0.4, -0.2) is 10.7 Å². The van der Waals surface area contributed by atoms with E-state index >= 15 is 0 Å². The molecule has 2 atom stereocenters. The summed E-state index contributed by atoms with van der Waals surface area (Å²) >= 11 is 0. The van der Waals surface area contributed by atoms with Gasteiger partial charge >= 0.3 is 0 Å². The molecular weight excluding hydrogens is 172 g/mol. The average Bonchev–Trinajstić information content (AvgIpc) is 2.78. The maximum atomic E-state index is 10.3. The fourth-order valence-electron chi connectivity index (χ4n) is 3.23. The predicted octanol–water partition coefficient (Wildman–Crippen LogP) is 3.51. The normalized spacial score (nSPS) is 38.6. The zero-order valence-electron chi connectivity index (χ0n) is 9.47. The zero-order valence-corrected chi connectivity index (χ0v) is 9.47. The summed E-state index contributed by atoms with van der Waals surface area (Å²) in [6.07, 6.45) is 11.7. The minimum Gasteiger partial charge on any atom is -0.390 e. The van der Waals surface area contributed by atoms with Crippen molar-refractivity contribution in [3.63, 3.8) is 0 Å². The average molecular weight is 196 g/mol. The van der Waals surface area contributed by atoms with Crippen LogP contribution in [0.15, 0.2) is 0 Å². The van der Waals surface area contributed by atoms with Crippen molar-refractivity contribution < 1.29 is 5.11 Å². The molecule has 1 N–H and O–H groups in total. The lowest BCUT2D eigenvalue weighted by Crippen LogP contribution is -2.19. The minimum absolute atomic E-state index is 0.224. The first-order chi connectivity index (χ1) is 6.74. The maximum Gasteiger partial charge on any atom is 0.0683 e. The molecule has 1 heteroatoms. The number of rotatable bonds is 4. The zero-order chi connectivity index (χ0) is 10.0. The molecule has 2 aliphatic carbocycles. The molecule has 2 rings (SSSR count). The van der Waals surface area contributed by atoms with Gasteiger partial charge in [-0.2, -0.15) is 0 Å². The van der Waals surface area contributed by atoms with Gasteiger partial charge in [0.2, 0.25) is 0 Å². The summed E-state index contributed by atoms with van der Waals surface area (Å²) < 4.78 is 0. The molecule has 2 saturated carbocycles. The molecule has 2 unspecified atom stereocenters. The summed E-state index contributed by atoms with van der Waals surface area (Å²) in [5.74, 6) is 1.49. The third-order valence-corrected chi connectivity index (χ3v) is 4.20. The summed E-state index contributed by atoms with van der Waals surface area (Å²) in [4.78, 5) is 0. The third kappa shape index (κ3) is 2.31. The van der Waals surface area contributed by atoms with Gasteiger partial charge in [-0.05, 0) is 31.1 Å². The van der Waals surface area contributed by atoms with E-state index in [-0.39, 0.29) is 5.60 Å². The lowest BCUT2D eigenvalue weighted by molar-refractivity contribution is 0.0893. The van der Waals surface area contributed by atoms with E-state index in [0.29, 0.717) is 5.92 Å². The Bertz CT molecular complexity index is 184. The Hall–Kier alpha value is -0.0400. The molecule has 0 spiro atoms. The van der Waals surface area contributed by atoms with Gasteiger partial charge in [-0.3, -0.25) is 0 Å². The fraction of sp³-hybridized carbons (Fsp3) is 1.00. The first-order valence-electron chi connectivity index (χ1n) is 6.47. The summed E-state index contributed by atoms with van der Waals surface area (Å²) in [6, 6.07) is 0. The van der Waals surface area contributed by atoms with E-state index in [1.54, 1.807) is 0 Å². The second kappa shape index (κ2) is 4.22. The Morgan fingerprint density at radius 2 is 1.93 bits per heavy atom. The van der Waals surface area contributed by atoms with Crippen molar-refractivity contribution in [1.82, 2.24) is 0 Å². The van der Waals surface area contributed by atoms with E-state index in [1.165, 1.54) is 44.9 Å². The van der Waals surface area contributed by atoms with Gasteiger partial charge in [-0.25, -0.2) is 0 Å². The van der Waals surface area contributed by atoms with Gasteiger partial charge < -0.3 is 5.11 Å². The predicted molar refractivity (Wildman–Crippen MR) is 59.2 cm³/mol. The maximum absolute atomic E-state index is 10.3. The Morgan fingerprint density at radius 3 is 2.57 bits per heavy atom. The molecule has 0 heterocycles. The van der Waals surface area contributed by atoms with Crippen LogP contribution in [0, 0.1) is 11.8 Å². The van der Waals surface area contributed by atoms with Crippen LogP contribution in [-0.2, 0) is 0 Å². The number of aliphatic hydroxyl groups is 1. The van der Waals surface area contributed by atoms with Gasteiger partial charge in [0.25, 0.3) is 0 Å². The standard InChI is InChI=1S/C13H24O/c1-2-6-12-10-13(12,14)9-11-7-4-3-5-8-11/h11-12,14H,2-10H2,1H3. The van der Waals surface area contributed by atoms with Crippen molar-refractivity contribution >= 4 is 0 Å². The van der Waals surface area contributed by atoms with E-state index in [0.717, 1.165) is 18.8 Å². The van der Waals surface area contributed by atoms with Gasteiger partial charge in [0.05, 0.1) is 5.60 Å². The highest BCUT2D eigenvalue weighted by molar-refractivity contribution is 5.03. The first-order valence-corrected chi connectivity index (χ1v) is 6.47. The monoisotopic (exact) mass is 196 g/mol. The van der Waals surface area contributed by atoms with Gasteiger partial charge in [0.15, 0.2) is 0 Å². The van der Waals surface area contributed by atoms with E-state index < -0.39 is 0 Å². The summed E-state index contributed by atoms with van der Waals surface area (Å²) in [7, 11) is 0. The number of hydrogen-bond acceptors (Lipinski definition) is 1. The largest absolute Gasteiger partial charge is 0.390 e. The second-order valence-electron chi connectivity index (χ2n) is 5.50. The lowest BCUT2D eigenvalue weighted by Gasteiger charge is -2.24. The van der Waals surface area contributed by atoms with Crippen molar-refractivity contribution in [2.75, 3.05) is 0 Å². The van der Waals surface area contributed by atoms with Crippen LogP contribution in [0.5, 0.6) is 0 Å². The van der Waals surface area contributed by atoms with E-state index in [1.807, 2.05) is 0 Å². The van der Waals surface area contributed by atoms with Crippen molar-refractivity contribution in [1.29, 1.82) is 0 Å². The topological polar surface area (TPSA) is 20.2 Å². The summed E-state index contributed by atoms with van der Waals surface area (Å²) in [5, 5.41) is 10.3. The smallest absolute Gasteiger partial charge is 0.0683 e. The van der Waals surface area contributed by atoms with Crippen LogP contribution in [0.3, 0.4) is 0 Å². The lowest BCUT2D eigenvalue weighted by atomic mass is 9.84. The van der Waals surface area contributed by atoms with Crippen LogP contribution in [0.25, 0.3) is 0 Å². The molecule has 0 aromatic heterocycles. The van der Waals surface area contributed by atoms with Gasteiger partial charge in [-0.1, -0.05) is 45.4 Å². The van der Waals surface area contributed by atoms with Crippen LogP contribution >= 0.6 is 0 Å². The van der Waals surface area contributed by atoms with Crippen LogP contribution in [0.4, 0.5) is 0 Å². The summed E-state index contributed by atoms with van der Waals surface area (Å²) in [6.45, 7) is 2.22. The molecule has 2 aliphatic rings. The molecule has 1 nitrogen and oxygen atoms in total. The Labute approximate surface area is 87.9 Å². The Balaban J connectivity index is 1.74. The molecule has 14 heavy (non-hydrogen) atoms. The summed E-state index contributed by atoms with van der Waals surface area (Å²) in [5.41, 5.74) is -0.224. The van der Waals surface area contributed by atoms with Crippen molar-refractivity contribution in [3.8, 4) is 0 Å². The Morgan fingerprint density at radius 1 is 1.21 bits per heavy atom.